The van der Waals surface area contributed by atoms with Gasteiger partial charge in [0.25, 0.3) is 0 Å². The lowest BCUT2D eigenvalue weighted by Crippen LogP contribution is -2.37. The number of ether oxygens (including phenoxy) is 2. The predicted octanol–water partition coefficient (Wildman–Crippen LogP) is 1.86. The molecular formula is C13H23NO2. The van der Waals surface area contributed by atoms with E-state index in [4.69, 9.17) is 9.47 Å². The van der Waals surface area contributed by atoms with Crippen molar-refractivity contribution in [1.82, 2.24) is 5.32 Å². The van der Waals surface area contributed by atoms with E-state index in [-0.39, 0.29) is 0 Å². The Labute approximate surface area is 97.9 Å². The minimum atomic E-state index is 0.290. The van der Waals surface area contributed by atoms with Gasteiger partial charge < -0.3 is 14.8 Å². The van der Waals surface area contributed by atoms with Gasteiger partial charge in [-0.15, -0.1) is 0 Å². The third-order valence-electron chi connectivity index (χ3n) is 4.42. The molecule has 3 aliphatic rings. The highest BCUT2D eigenvalue weighted by molar-refractivity contribution is 4.93. The van der Waals surface area contributed by atoms with Crippen molar-refractivity contribution in [3.05, 3.63) is 0 Å². The van der Waals surface area contributed by atoms with Crippen molar-refractivity contribution in [2.45, 2.75) is 62.7 Å². The van der Waals surface area contributed by atoms with Crippen molar-refractivity contribution in [2.75, 3.05) is 19.8 Å². The molecule has 1 aliphatic carbocycles. The van der Waals surface area contributed by atoms with E-state index in [1.807, 2.05) is 0 Å². The van der Waals surface area contributed by atoms with E-state index in [2.05, 4.69) is 5.32 Å². The van der Waals surface area contributed by atoms with E-state index in [0.29, 0.717) is 17.7 Å². The number of nitrogens with one attached hydrogen (secondary N) is 1. The molecule has 0 aromatic heterocycles. The number of hydrogen-bond donors (Lipinski definition) is 1. The molecular weight excluding hydrogens is 202 g/mol. The number of rotatable bonds is 3. The van der Waals surface area contributed by atoms with Crippen molar-refractivity contribution < 1.29 is 9.47 Å². The summed E-state index contributed by atoms with van der Waals surface area (Å²) in [6, 6.07) is 0.573. The maximum absolute atomic E-state index is 6.27. The van der Waals surface area contributed by atoms with Crippen LogP contribution in [-0.4, -0.2) is 37.5 Å². The summed E-state index contributed by atoms with van der Waals surface area (Å²) in [5.74, 6) is 0. The van der Waals surface area contributed by atoms with Gasteiger partial charge in [0.15, 0.2) is 0 Å². The van der Waals surface area contributed by atoms with E-state index >= 15 is 0 Å². The molecule has 3 fully saturated rings. The van der Waals surface area contributed by atoms with Gasteiger partial charge in [0, 0.05) is 19.2 Å². The standard InChI is InChI=1S/C13H23NO2/c1-2-6-13(5-1)7-3-12(16-13)9-14-11-4-8-15-10-11/h11-12,14H,1-10H2. The molecule has 0 aromatic carbocycles. The van der Waals surface area contributed by atoms with Crippen LogP contribution >= 0.6 is 0 Å². The maximum atomic E-state index is 6.27. The highest BCUT2D eigenvalue weighted by atomic mass is 16.5. The van der Waals surface area contributed by atoms with Gasteiger partial charge in [0.1, 0.15) is 0 Å². The third-order valence-corrected chi connectivity index (χ3v) is 4.42. The van der Waals surface area contributed by atoms with Gasteiger partial charge in [-0.25, -0.2) is 0 Å². The van der Waals surface area contributed by atoms with Crippen LogP contribution in [0.4, 0.5) is 0 Å². The van der Waals surface area contributed by atoms with Gasteiger partial charge in [0.2, 0.25) is 0 Å². The van der Waals surface area contributed by atoms with Gasteiger partial charge in [-0.1, -0.05) is 12.8 Å². The largest absolute Gasteiger partial charge is 0.380 e. The zero-order valence-electron chi connectivity index (χ0n) is 10.0. The molecule has 2 saturated heterocycles. The topological polar surface area (TPSA) is 30.5 Å². The van der Waals surface area contributed by atoms with Crippen molar-refractivity contribution >= 4 is 0 Å². The molecule has 3 rings (SSSR count). The summed E-state index contributed by atoms with van der Waals surface area (Å²) in [5.41, 5.74) is 0.290. The average Bonchev–Trinajstić information content (AvgIpc) is 3.01. The fraction of sp³-hybridized carbons (Fsp3) is 1.00. The highest BCUT2D eigenvalue weighted by Crippen LogP contribution is 2.43. The summed E-state index contributed by atoms with van der Waals surface area (Å²) in [6.45, 7) is 2.83. The summed E-state index contributed by atoms with van der Waals surface area (Å²) in [7, 11) is 0. The normalized spacial score (nSPS) is 37.5. The predicted molar refractivity (Wildman–Crippen MR) is 62.5 cm³/mol. The van der Waals surface area contributed by atoms with Crippen LogP contribution in [0.1, 0.15) is 44.9 Å². The first-order valence-corrected chi connectivity index (χ1v) is 6.85. The molecule has 0 aromatic rings. The van der Waals surface area contributed by atoms with Gasteiger partial charge in [-0.3, -0.25) is 0 Å². The summed E-state index contributed by atoms with van der Waals surface area (Å²) >= 11 is 0. The Morgan fingerprint density at radius 1 is 1.12 bits per heavy atom. The molecule has 2 aliphatic heterocycles. The average molecular weight is 225 g/mol. The molecule has 0 radical (unpaired) electrons. The Hall–Kier alpha value is -0.120. The molecule has 3 nitrogen and oxygen atoms in total. The second-order valence-electron chi connectivity index (χ2n) is 5.64. The maximum Gasteiger partial charge on any atom is 0.0708 e. The lowest BCUT2D eigenvalue weighted by molar-refractivity contribution is -0.0359. The first kappa shape index (κ1) is 11.0. The summed E-state index contributed by atoms with van der Waals surface area (Å²) in [6.07, 6.45) is 9.51. The van der Waals surface area contributed by atoms with E-state index in [1.54, 1.807) is 0 Å². The Balaban J connectivity index is 1.43. The SMILES string of the molecule is C1CCC2(C1)CCC(CNC1CCOC1)O2. The fourth-order valence-electron chi connectivity index (χ4n) is 3.42. The molecule has 0 bridgehead atoms. The van der Waals surface area contributed by atoms with Crippen LogP contribution in [0, 0.1) is 0 Å². The monoisotopic (exact) mass is 225 g/mol. The molecule has 0 amide bonds. The zero-order chi connectivity index (χ0) is 10.8. The van der Waals surface area contributed by atoms with Crippen molar-refractivity contribution in [2.24, 2.45) is 0 Å². The second-order valence-corrected chi connectivity index (χ2v) is 5.64. The molecule has 16 heavy (non-hydrogen) atoms. The second kappa shape index (κ2) is 4.63. The van der Waals surface area contributed by atoms with E-state index < -0.39 is 0 Å². The van der Waals surface area contributed by atoms with E-state index in [9.17, 15) is 0 Å². The molecule has 2 unspecified atom stereocenters. The molecule has 2 heterocycles. The van der Waals surface area contributed by atoms with Gasteiger partial charge in [0.05, 0.1) is 18.3 Å². The van der Waals surface area contributed by atoms with E-state index in [1.165, 1.54) is 38.5 Å². The summed E-state index contributed by atoms with van der Waals surface area (Å²) in [4.78, 5) is 0. The van der Waals surface area contributed by atoms with Crippen LogP contribution in [0.3, 0.4) is 0 Å². The molecule has 3 heteroatoms. The smallest absolute Gasteiger partial charge is 0.0708 e. The molecule has 2 atom stereocenters. The Morgan fingerprint density at radius 2 is 2.00 bits per heavy atom. The van der Waals surface area contributed by atoms with E-state index in [0.717, 1.165) is 26.2 Å². The lowest BCUT2D eigenvalue weighted by Gasteiger charge is -2.24. The molecule has 1 saturated carbocycles. The summed E-state index contributed by atoms with van der Waals surface area (Å²) in [5, 5.41) is 3.58. The highest BCUT2D eigenvalue weighted by Gasteiger charge is 2.41. The first-order valence-electron chi connectivity index (χ1n) is 6.85. The van der Waals surface area contributed by atoms with Crippen LogP contribution in [0.15, 0.2) is 0 Å². The first-order chi connectivity index (χ1) is 7.86. The van der Waals surface area contributed by atoms with Crippen molar-refractivity contribution in [1.29, 1.82) is 0 Å². The fourth-order valence-corrected chi connectivity index (χ4v) is 3.42. The lowest BCUT2D eigenvalue weighted by atomic mass is 9.98. The van der Waals surface area contributed by atoms with Crippen molar-refractivity contribution in [3.8, 4) is 0 Å². The number of hydrogen-bond acceptors (Lipinski definition) is 3. The van der Waals surface area contributed by atoms with Crippen LogP contribution in [0.2, 0.25) is 0 Å². The Morgan fingerprint density at radius 3 is 2.75 bits per heavy atom. The van der Waals surface area contributed by atoms with Gasteiger partial charge >= 0.3 is 0 Å². The quantitative estimate of drug-likeness (QED) is 0.795. The Kier molecular flexibility index (Phi) is 3.18. The molecule has 1 spiro atoms. The molecule has 1 N–H and O–H groups in total. The zero-order valence-corrected chi connectivity index (χ0v) is 10.0. The van der Waals surface area contributed by atoms with Gasteiger partial charge in [-0.2, -0.15) is 0 Å². The van der Waals surface area contributed by atoms with Crippen molar-refractivity contribution in [3.63, 3.8) is 0 Å². The van der Waals surface area contributed by atoms with Crippen LogP contribution in [0.25, 0.3) is 0 Å². The van der Waals surface area contributed by atoms with Crippen LogP contribution in [-0.2, 0) is 9.47 Å². The Bertz CT molecular complexity index is 232. The van der Waals surface area contributed by atoms with Gasteiger partial charge in [-0.05, 0) is 32.1 Å². The third kappa shape index (κ3) is 2.27. The minimum absolute atomic E-state index is 0.290. The summed E-state index contributed by atoms with van der Waals surface area (Å²) < 4.78 is 11.6. The van der Waals surface area contributed by atoms with Crippen LogP contribution in [0.5, 0.6) is 0 Å². The minimum Gasteiger partial charge on any atom is -0.380 e. The van der Waals surface area contributed by atoms with Crippen LogP contribution < -0.4 is 5.32 Å². The molecule has 92 valence electrons.